The molecule has 1 aliphatic carbocycles. The van der Waals surface area contributed by atoms with Crippen LogP contribution in [-0.4, -0.2) is 27.2 Å². The number of nitrogens with one attached hydrogen (secondary N) is 2. The molecule has 0 radical (unpaired) electrons. The number of aromatic amines is 1. The first-order chi connectivity index (χ1) is 10.3. The summed E-state index contributed by atoms with van der Waals surface area (Å²) in [5.74, 6) is -0.0797. The van der Waals surface area contributed by atoms with E-state index in [4.69, 9.17) is 0 Å². The average Bonchev–Trinajstić information content (AvgIpc) is 3.14. The highest BCUT2D eigenvalue weighted by Gasteiger charge is 2.31. The SMILES string of the molecule is CC(Sc1nc2ccc(C(F)(F)F)cc2[nH]1)C(=O)NC1CC1. The minimum atomic E-state index is -4.38. The van der Waals surface area contributed by atoms with Gasteiger partial charge in [0.15, 0.2) is 5.16 Å². The highest BCUT2D eigenvalue weighted by atomic mass is 32.2. The van der Waals surface area contributed by atoms with Crippen LogP contribution in [0.5, 0.6) is 0 Å². The molecule has 1 atom stereocenters. The number of fused-ring (bicyclic) bond motifs is 1. The summed E-state index contributed by atoms with van der Waals surface area (Å²) in [4.78, 5) is 18.9. The first-order valence-corrected chi connectivity index (χ1v) is 7.75. The number of halogens is 3. The van der Waals surface area contributed by atoms with E-state index in [1.54, 1.807) is 6.92 Å². The number of amides is 1. The molecule has 1 fully saturated rings. The number of hydrogen-bond acceptors (Lipinski definition) is 3. The molecule has 0 aliphatic heterocycles. The molecule has 2 aromatic rings. The standard InChI is InChI=1S/C14H14F3N3OS/c1-7(12(21)18-9-3-4-9)22-13-19-10-5-2-8(14(15,16)17)6-11(10)20-13/h2,5-7,9H,3-4H2,1H3,(H,18,21)(H,19,20). The molecule has 4 nitrogen and oxygen atoms in total. The Morgan fingerprint density at radius 3 is 2.82 bits per heavy atom. The molecule has 0 spiro atoms. The van der Waals surface area contributed by atoms with Crippen molar-refractivity contribution in [2.45, 2.75) is 42.4 Å². The van der Waals surface area contributed by atoms with Crippen LogP contribution in [0.3, 0.4) is 0 Å². The molecule has 0 saturated heterocycles. The second kappa shape index (κ2) is 5.49. The molecule has 8 heteroatoms. The van der Waals surface area contributed by atoms with Crippen molar-refractivity contribution in [2.24, 2.45) is 0 Å². The van der Waals surface area contributed by atoms with E-state index in [0.29, 0.717) is 16.2 Å². The van der Waals surface area contributed by atoms with Crippen LogP contribution >= 0.6 is 11.8 Å². The van der Waals surface area contributed by atoms with E-state index in [-0.39, 0.29) is 17.2 Å². The topological polar surface area (TPSA) is 57.8 Å². The fraction of sp³-hybridized carbons (Fsp3) is 0.429. The predicted molar refractivity (Wildman–Crippen MR) is 77.6 cm³/mol. The quantitative estimate of drug-likeness (QED) is 0.846. The molecule has 0 bridgehead atoms. The van der Waals surface area contributed by atoms with Crippen molar-refractivity contribution in [3.63, 3.8) is 0 Å². The second-order valence-corrected chi connectivity index (χ2v) is 6.64. The molecule has 1 aromatic heterocycles. The lowest BCUT2D eigenvalue weighted by molar-refractivity contribution is -0.137. The number of rotatable bonds is 4. The number of carbonyl (C=O) groups excluding carboxylic acids is 1. The lowest BCUT2D eigenvalue weighted by atomic mass is 10.2. The third-order valence-electron chi connectivity index (χ3n) is 3.37. The number of nitrogens with zero attached hydrogens (tertiary/aromatic N) is 1. The molecule has 1 amide bonds. The van der Waals surface area contributed by atoms with E-state index in [0.717, 1.165) is 25.0 Å². The summed E-state index contributed by atoms with van der Waals surface area (Å²) in [6, 6.07) is 3.64. The van der Waals surface area contributed by atoms with Gasteiger partial charge in [-0.05, 0) is 38.0 Å². The van der Waals surface area contributed by atoms with E-state index in [9.17, 15) is 18.0 Å². The molecule has 3 rings (SSSR count). The van der Waals surface area contributed by atoms with Crippen molar-refractivity contribution >= 4 is 28.7 Å². The van der Waals surface area contributed by atoms with Gasteiger partial charge in [-0.3, -0.25) is 4.79 Å². The normalized spacial score (nSPS) is 16.7. The van der Waals surface area contributed by atoms with Crippen LogP contribution < -0.4 is 5.32 Å². The van der Waals surface area contributed by atoms with E-state index in [2.05, 4.69) is 15.3 Å². The summed E-state index contributed by atoms with van der Waals surface area (Å²) in [7, 11) is 0. The summed E-state index contributed by atoms with van der Waals surface area (Å²) in [6.07, 6.45) is -2.37. The summed E-state index contributed by atoms with van der Waals surface area (Å²) in [5.41, 5.74) is 0.0390. The van der Waals surface area contributed by atoms with Gasteiger partial charge >= 0.3 is 6.18 Å². The van der Waals surface area contributed by atoms with Crippen LogP contribution in [0.1, 0.15) is 25.3 Å². The van der Waals surface area contributed by atoms with Gasteiger partial charge in [0.25, 0.3) is 0 Å². The van der Waals surface area contributed by atoms with Crippen LogP contribution in [0.15, 0.2) is 23.4 Å². The minimum Gasteiger partial charge on any atom is -0.352 e. The zero-order valence-corrected chi connectivity index (χ0v) is 12.5. The average molecular weight is 329 g/mol. The summed E-state index contributed by atoms with van der Waals surface area (Å²) >= 11 is 1.20. The van der Waals surface area contributed by atoms with Gasteiger partial charge in [-0.1, -0.05) is 11.8 Å². The minimum absolute atomic E-state index is 0.0797. The number of carbonyl (C=O) groups is 1. The Labute approximate surface area is 128 Å². The fourth-order valence-electron chi connectivity index (χ4n) is 1.99. The second-order valence-electron chi connectivity index (χ2n) is 5.31. The van der Waals surface area contributed by atoms with Crippen molar-refractivity contribution in [1.29, 1.82) is 0 Å². The fourth-order valence-corrected chi connectivity index (χ4v) is 2.82. The predicted octanol–water partition coefficient (Wildman–Crippen LogP) is 3.34. The van der Waals surface area contributed by atoms with Crippen LogP contribution in [0, 0.1) is 0 Å². The van der Waals surface area contributed by atoms with Crippen LogP contribution in [-0.2, 0) is 11.0 Å². The Morgan fingerprint density at radius 2 is 2.18 bits per heavy atom. The Morgan fingerprint density at radius 1 is 1.45 bits per heavy atom. The maximum Gasteiger partial charge on any atom is 0.416 e. The van der Waals surface area contributed by atoms with Gasteiger partial charge < -0.3 is 10.3 Å². The largest absolute Gasteiger partial charge is 0.416 e. The van der Waals surface area contributed by atoms with Crippen molar-refractivity contribution in [3.8, 4) is 0 Å². The molecule has 22 heavy (non-hydrogen) atoms. The van der Waals surface area contributed by atoms with Crippen molar-refractivity contribution in [1.82, 2.24) is 15.3 Å². The molecule has 1 aliphatic rings. The molecule has 1 heterocycles. The number of benzene rings is 1. The lowest BCUT2D eigenvalue weighted by Crippen LogP contribution is -2.32. The van der Waals surface area contributed by atoms with Gasteiger partial charge in [-0.15, -0.1) is 0 Å². The first-order valence-electron chi connectivity index (χ1n) is 6.87. The van der Waals surface area contributed by atoms with E-state index < -0.39 is 11.7 Å². The highest BCUT2D eigenvalue weighted by Crippen LogP contribution is 2.32. The Hall–Kier alpha value is -1.70. The third-order valence-corrected chi connectivity index (χ3v) is 4.35. The molecular weight excluding hydrogens is 315 g/mol. The molecule has 1 aromatic carbocycles. The third kappa shape index (κ3) is 3.37. The molecule has 118 valence electrons. The number of alkyl halides is 3. The number of hydrogen-bond donors (Lipinski definition) is 2. The van der Waals surface area contributed by atoms with Gasteiger partial charge in [-0.25, -0.2) is 4.98 Å². The molecule has 2 N–H and O–H groups in total. The van der Waals surface area contributed by atoms with Gasteiger partial charge in [-0.2, -0.15) is 13.2 Å². The maximum absolute atomic E-state index is 12.7. The Kier molecular flexibility index (Phi) is 3.80. The summed E-state index contributed by atoms with van der Waals surface area (Å²) < 4.78 is 38.0. The zero-order chi connectivity index (χ0) is 15.9. The highest BCUT2D eigenvalue weighted by molar-refractivity contribution is 8.00. The van der Waals surface area contributed by atoms with E-state index in [1.165, 1.54) is 17.8 Å². The monoisotopic (exact) mass is 329 g/mol. The van der Waals surface area contributed by atoms with Crippen molar-refractivity contribution in [3.05, 3.63) is 23.8 Å². The number of imidazole rings is 1. The summed E-state index contributed by atoms with van der Waals surface area (Å²) in [5, 5.41) is 2.97. The Bertz CT molecular complexity index is 709. The molecule has 1 unspecified atom stereocenters. The lowest BCUT2D eigenvalue weighted by Gasteiger charge is -2.09. The van der Waals surface area contributed by atoms with Crippen molar-refractivity contribution < 1.29 is 18.0 Å². The maximum atomic E-state index is 12.7. The van der Waals surface area contributed by atoms with Gasteiger partial charge in [0.2, 0.25) is 5.91 Å². The van der Waals surface area contributed by atoms with Gasteiger partial charge in [0.1, 0.15) is 0 Å². The smallest absolute Gasteiger partial charge is 0.352 e. The van der Waals surface area contributed by atoms with Crippen LogP contribution in [0.2, 0.25) is 0 Å². The summed E-state index contributed by atoms with van der Waals surface area (Å²) in [6.45, 7) is 1.75. The molecule has 1 saturated carbocycles. The van der Waals surface area contributed by atoms with Crippen LogP contribution in [0.25, 0.3) is 11.0 Å². The Balaban J connectivity index is 1.75. The van der Waals surface area contributed by atoms with Crippen LogP contribution in [0.4, 0.5) is 13.2 Å². The molecular formula is C14H14F3N3OS. The number of thioether (sulfide) groups is 1. The van der Waals surface area contributed by atoms with Gasteiger partial charge in [0, 0.05) is 6.04 Å². The first kappa shape index (κ1) is 15.2. The van der Waals surface area contributed by atoms with E-state index >= 15 is 0 Å². The van der Waals surface area contributed by atoms with E-state index in [1.807, 2.05) is 0 Å². The zero-order valence-electron chi connectivity index (χ0n) is 11.7. The number of aromatic nitrogens is 2. The van der Waals surface area contributed by atoms with Crippen molar-refractivity contribution in [2.75, 3.05) is 0 Å². The van der Waals surface area contributed by atoms with Gasteiger partial charge in [0.05, 0.1) is 21.8 Å². The number of H-pyrrole nitrogens is 1.